The Hall–Kier alpha value is -2.86. The van der Waals surface area contributed by atoms with E-state index in [1.54, 1.807) is 22.0 Å². The average Bonchev–Trinajstić information content (AvgIpc) is 3.22. The van der Waals surface area contributed by atoms with Gasteiger partial charge in [-0.05, 0) is 42.2 Å². The van der Waals surface area contributed by atoms with Gasteiger partial charge in [0.1, 0.15) is 12.7 Å². The van der Waals surface area contributed by atoms with E-state index >= 15 is 0 Å². The lowest BCUT2D eigenvalue weighted by atomic mass is 10.1. The molecule has 5 nitrogen and oxygen atoms in total. The van der Waals surface area contributed by atoms with Crippen molar-refractivity contribution in [3.63, 3.8) is 0 Å². The largest absolute Gasteiger partial charge is 0.335 e. The third-order valence-corrected chi connectivity index (χ3v) is 4.96. The highest BCUT2D eigenvalue weighted by Gasteiger charge is 2.15. The molecule has 1 amide bonds. The lowest BCUT2D eigenvalue weighted by Gasteiger charge is -2.24. The van der Waals surface area contributed by atoms with Crippen LogP contribution in [0.4, 0.5) is 0 Å². The summed E-state index contributed by atoms with van der Waals surface area (Å²) in [5.41, 5.74) is 2.00. The molecule has 26 heavy (non-hydrogen) atoms. The van der Waals surface area contributed by atoms with Gasteiger partial charge in [-0.2, -0.15) is 5.10 Å². The number of hydrogen-bond donors (Lipinski definition) is 0. The third-order valence-electron chi connectivity index (χ3n) is 4.15. The summed E-state index contributed by atoms with van der Waals surface area (Å²) in [6.45, 7) is 2.01. The molecule has 0 aliphatic rings. The smallest absolute Gasteiger partial charge is 0.247 e. The number of carbonyl (C=O) groups excluding carboxylic acids is 1. The van der Waals surface area contributed by atoms with Crippen LogP contribution in [0.5, 0.6) is 0 Å². The highest BCUT2D eigenvalue weighted by molar-refractivity contribution is 8.02. The molecule has 0 N–H and O–H groups in total. The van der Waals surface area contributed by atoms with Gasteiger partial charge in [-0.25, -0.2) is 9.67 Å². The topological polar surface area (TPSA) is 51.0 Å². The first kappa shape index (κ1) is 17.9. The summed E-state index contributed by atoms with van der Waals surface area (Å²) in [4.78, 5) is 19.2. The van der Waals surface area contributed by atoms with Gasteiger partial charge in [0.2, 0.25) is 5.91 Å². The van der Waals surface area contributed by atoms with Crippen LogP contribution in [0, 0.1) is 0 Å². The van der Waals surface area contributed by atoms with Crippen molar-refractivity contribution in [2.24, 2.45) is 0 Å². The SMILES string of the molecule is CC(c1ccc(-n2cncn2)cc1)N(C)C(=O)/C=C/Sc1ccccc1. The van der Waals surface area contributed by atoms with Gasteiger partial charge in [-0.3, -0.25) is 4.79 Å². The number of rotatable bonds is 6. The number of benzene rings is 2. The number of thioether (sulfide) groups is 1. The Morgan fingerprint density at radius 3 is 2.54 bits per heavy atom. The zero-order chi connectivity index (χ0) is 18.4. The zero-order valence-electron chi connectivity index (χ0n) is 14.7. The van der Waals surface area contributed by atoms with Crippen molar-refractivity contribution in [2.45, 2.75) is 17.9 Å². The number of hydrogen-bond acceptors (Lipinski definition) is 4. The van der Waals surface area contributed by atoms with E-state index in [0.29, 0.717) is 0 Å². The van der Waals surface area contributed by atoms with E-state index in [4.69, 9.17) is 0 Å². The molecule has 1 unspecified atom stereocenters. The van der Waals surface area contributed by atoms with Gasteiger partial charge in [0.05, 0.1) is 11.7 Å². The fourth-order valence-corrected chi connectivity index (χ4v) is 3.10. The summed E-state index contributed by atoms with van der Waals surface area (Å²) in [6, 6.07) is 17.9. The van der Waals surface area contributed by atoms with Crippen LogP contribution in [0.15, 0.2) is 83.6 Å². The van der Waals surface area contributed by atoms with E-state index < -0.39 is 0 Å². The molecule has 0 fully saturated rings. The summed E-state index contributed by atoms with van der Waals surface area (Å²) >= 11 is 1.53. The normalized spacial score (nSPS) is 12.2. The first-order valence-corrected chi connectivity index (χ1v) is 9.13. The van der Waals surface area contributed by atoms with Gasteiger partial charge in [-0.1, -0.05) is 42.1 Å². The summed E-state index contributed by atoms with van der Waals surface area (Å²) < 4.78 is 1.70. The Bertz CT molecular complexity index is 861. The molecular weight excluding hydrogens is 344 g/mol. The van der Waals surface area contributed by atoms with Crippen LogP contribution in [0.25, 0.3) is 5.69 Å². The van der Waals surface area contributed by atoms with E-state index in [1.165, 1.54) is 18.1 Å². The van der Waals surface area contributed by atoms with Gasteiger partial charge < -0.3 is 4.90 Å². The van der Waals surface area contributed by atoms with Crippen molar-refractivity contribution in [1.82, 2.24) is 19.7 Å². The molecule has 3 aromatic rings. The van der Waals surface area contributed by atoms with E-state index in [1.807, 2.05) is 74.0 Å². The number of amides is 1. The number of nitrogens with zero attached hydrogens (tertiary/aromatic N) is 4. The van der Waals surface area contributed by atoms with Crippen LogP contribution < -0.4 is 0 Å². The number of likely N-dealkylation sites (N-methyl/N-ethyl adjacent to an activating group) is 1. The predicted octanol–water partition coefficient (Wildman–Crippen LogP) is 4.09. The molecule has 0 saturated carbocycles. The van der Waals surface area contributed by atoms with Crippen LogP contribution in [-0.4, -0.2) is 32.6 Å². The first-order chi connectivity index (χ1) is 12.6. The van der Waals surface area contributed by atoms with Crippen LogP contribution in [0.2, 0.25) is 0 Å². The molecule has 0 radical (unpaired) electrons. The Morgan fingerprint density at radius 2 is 1.88 bits per heavy atom. The minimum atomic E-state index is -0.0290. The summed E-state index contributed by atoms with van der Waals surface area (Å²) in [5.74, 6) is -0.0266. The quantitative estimate of drug-likeness (QED) is 0.488. The van der Waals surface area contributed by atoms with Crippen LogP contribution in [-0.2, 0) is 4.79 Å². The van der Waals surface area contributed by atoms with E-state index in [0.717, 1.165) is 16.1 Å². The highest BCUT2D eigenvalue weighted by Crippen LogP contribution is 2.22. The van der Waals surface area contributed by atoms with Crippen LogP contribution in [0.1, 0.15) is 18.5 Å². The maximum atomic E-state index is 12.4. The predicted molar refractivity (Wildman–Crippen MR) is 104 cm³/mol. The Labute approximate surface area is 157 Å². The standard InChI is InChI=1S/C20H20N4OS/c1-16(17-8-10-18(11-9-17)24-15-21-14-22-24)23(2)20(25)12-13-26-19-6-4-3-5-7-19/h3-16H,1-2H3/b13-12+. The molecule has 1 atom stereocenters. The molecule has 0 aliphatic heterocycles. The fraction of sp³-hybridized carbons (Fsp3) is 0.150. The van der Waals surface area contributed by atoms with Gasteiger partial charge >= 0.3 is 0 Å². The van der Waals surface area contributed by atoms with Crippen molar-refractivity contribution in [3.05, 3.63) is 84.3 Å². The van der Waals surface area contributed by atoms with Gasteiger partial charge in [0, 0.05) is 18.0 Å². The summed E-state index contributed by atoms with van der Waals surface area (Å²) in [7, 11) is 1.82. The van der Waals surface area contributed by atoms with Crippen molar-refractivity contribution >= 4 is 17.7 Å². The van der Waals surface area contributed by atoms with E-state index in [-0.39, 0.29) is 11.9 Å². The summed E-state index contributed by atoms with van der Waals surface area (Å²) in [5, 5.41) is 5.94. The van der Waals surface area contributed by atoms with Crippen molar-refractivity contribution in [1.29, 1.82) is 0 Å². The molecule has 1 aromatic heterocycles. The number of carbonyl (C=O) groups is 1. The molecule has 6 heteroatoms. The Kier molecular flexibility index (Phi) is 5.86. The molecule has 1 heterocycles. The minimum absolute atomic E-state index is 0.0266. The molecular formula is C20H20N4OS. The van der Waals surface area contributed by atoms with Crippen molar-refractivity contribution in [2.75, 3.05) is 7.05 Å². The van der Waals surface area contributed by atoms with Crippen LogP contribution in [0.3, 0.4) is 0 Å². The molecule has 2 aromatic carbocycles. The van der Waals surface area contributed by atoms with E-state index in [9.17, 15) is 4.79 Å². The maximum Gasteiger partial charge on any atom is 0.247 e. The first-order valence-electron chi connectivity index (χ1n) is 8.25. The molecule has 0 bridgehead atoms. The van der Waals surface area contributed by atoms with Crippen molar-refractivity contribution in [3.8, 4) is 5.69 Å². The second-order valence-electron chi connectivity index (χ2n) is 5.79. The molecule has 3 rings (SSSR count). The monoisotopic (exact) mass is 364 g/mol. The molecule has 132 valence electrons. The van der Waals surface area contributed by atoms with E-state index in [2.05, 4.69) is 10.1 Å². The summed E-state index contributed by atoms with van der Waals surface area (Å²) in [6.07, 6.45) is 4.77. The molecule has 0 aliphatic carbocycles. The average molecular weight is 364 g/mol. The lowest BCUT2D eigenvalue weighted by molar-refractivity contribution is -0.126. The van der Waals surface area contributed by atoms with Crippen LogP contribution >= 0.6 is 11.8 Å². The molecule has 0 spiro atoms. The second kappa shape index (κ2) is 8.49. The Morgan fingerprint density at radius 1 is 1.15 bits per heavy atom. The van der Waals surface area contributed by atoms with Crippen molar-refractivity contribution < 1.29 is 4.79 Å². The third kappa shape index (κ3) is 4.40. The Balaban J connectivity index is 1.61. The zero-order valence-corrected chi connectivity index (χ0v) is 15.5. The maximum absolute atomic E-state index is 12.4. The highest BCUT2D eigenvalue weighted by atomic mass is 32.2. The lowest BCUT2D eigenvalue weighted by Crippen LogP contribution is -2.27. The van der Waals surface area contributed by atoms with Gasteiger partial charge in [0.15, 0.2) is 0 Å². The molecule has 0 saturated heterocycles. The van der Waals surface area contributed by atoms with Gasteiger partial charge in [-0.15, -0.1) is 0 Å². The van der Waals surface area contributed by atoms with Gasteiger partial charge in [0.25, 0.3) is 0 Å². The number of aromatic nitrogens is 3. The fourth-order valence-electron chi connectivity index (χ4n) is 2.45. The minimum Gasteiger partial charge on any atom is -0.335 e. The second-order valence-corrected chi connectivity index (χ2v) is 6.77.